The van der Waals surface area contributed by atoms with E-state index in [-0.39, 0.29) is 11.6 Å². The van der Waals surface area contributed by atoms with Gasteiger partial charge in [-0.15, -0.1) is 23.1 Å². The number of thioether (sulfide) groups is 1. The summed E-state index contributed by atoms with van der Waals surface area (Å²) in [6.07, 6.45) is 1.56. The van der Waals surface area contributed by atoms with Crippen LogP contribution >= 0.6 is 34.7 Å². The van der Waals surface area contributed by atoms with Crippen molar-refractivity contribution in [2.24, 2.45) is 0 Å². The summed E-state index contributed by atoms with van der Waals surface area (Å²) < 4.78 is 5.29. The average Bonchev–Trinajstić information content (AvgIpc) is 3.54. The summed E-state index contributed by atoms with van der Waals surface area (Å²) in [5.74, 6) is -0.374. The fourth-order valence-electron chi connectivity index (χ4n) is 4.23. The van der Waals surface area contributed by atoms with Crippen molar-refractivity contribution in [3.8, 4) is 17.0 Å². The highest BCUT2D eigenvalue weighted by molar-refractivity contribution is 8.00. The molecular weight excluding hydrogens is 640 g/mol. The lowest BCUT2D eigenvalue weighted by Crippen LogP contribution is -2.30. The summed E-state index contributed by atoms with van der Waals surface area (Å²) >= 11 is 8.86. The molecule has 4 aromatic carbocycles. The van der Waals surface area contributed by atoms with Crippen LogP contribution in [-0.2, 0) is 9.59 Å². The smallest absolute Gasteiger partial charge is 0.272 e. The van der Waals surface area contributed by atoms with E-state index in [1.54, 1.807) is 73.8 Å². The Labute approximate surface area is 279 Å². The molecule has 0 radical (unpaired) electrons. The van der Waals surface area contributed by atoms with Crippen molar-refractivity contribution in [3.63, 3.8) is 0 Å². The maximum atomic E-state index is 13.3. The number of carbonyl (C=O) groups excluding carboxylic acids is 3. The van der Waals surface area contributed by atoms with Gasteiger partial charge in [0.25, 0.3) is 11.8 Å². The van der Waals surface area contributed by atoms with Gasteiger partial charge in [0.2, 0.25) is 5.91 Å². The monoisotopic (exact) mass is 668 g/mol. The number of nitrogens with one attached hydrogen (secondary N) is 3. The zero-order valence-corrected chi connectivity index (χ0v) is 27.2. The van der Waals surface area contributed by atoms with Crippen molar-refractivity contribution >= 4 is 69.3 Å². The van der Waals surface area contributed by atoms with Crippen LogP contribution in [0.5, 0.6) is 5.75 Å². The van der Waals surface area contributed by atoms with Crippen LogP contribution in [-0.4, -0.2) is 35.1 Å². The Kier molecular flexibility index (Phi) is 10.9. The minimum Gasteiger partial charge on any atom is -0.497 e. The molecule has 1 atom stereocenters. The van der Waals surface area contributed by atoms with E-state index in [0.29, 0.717) is 27.0 Å². The highest BCUT2D eigenvalue weighted by Crippen LogP contribution is 2.29. The summed E-state index contributed by atoms with van der Waals surface area (Å²) in [7, 11) is 1.61. The summed E-state index contributed by atoms with van der Waals surface area (Å²) in [6.45, 7) is 1.81. The summed E-state index contributed by atoms with van der Waals surface area (Å²) in [4.78, 5) is 44.5. The molecule has 0 saturated carbocycles. The average molecular weight is 669 g/mol. The van der Waals surface area contributed by atoms with Crippen LogP contribution in [0.15, 0.2) is 119 Å². The maximum absolute atomic E-state index is 13.3. The molecule has 0 fully saturated rings. The van der Waals surface area contributed by atoms with Gasteiger partial charge in [-0.1, -0.05) is 54.1 Å². The van der Waals surface area contributed by atoms with Crippen molar-refractivity contribution in [1.82, 2.24) is 10.3 Å². The second-order valence-electron chi connectivity index (χ2n) is 9.93. The highest BCUT2D eigenvalue weighted by Gasteiger charge is 2.18. The third kappa shape index (κ3) is 8.85. The third-order valence-corrected chi connectivity index (χ3v) is 8.69. The van der Waals surface area contributed by atoms with Gasteiger partial charge in [-0.05, 0) is 79.2 Å². The molecule has 0 aliphatic heterocycles. The number of aromatic nitrogens is 1. The number of hydrogen-bond acceptors (Lipinski definition) is 7. The van der Waals surface area contributed by atoms with E-state index in [4.69, 9.17) is 16.3 Å². The number of methoxy groups -OCH3 is 1. The van der Waals surface area contributed by atoms with Gasteiger partial charge in [-0.25, -0.2) is 4.98 Å². The summed E-state index contributed by atoms with van der Waals surface area (Å²) in [5, 5.41) is 10.9. The fraction of sp³-hybridized carbons (Fsp3) is 0.0857. The van der Waals surface area contributed by atoms with Crippen LogP contribution in [0.2, 0.25) is 5.02 Å². The minimum absolute atomic E-state index is 0.0524. The van der Waals surface area contributed by atoms with Crippen LogP contribution < -0.4 is 20.7 Å². The van der Waals surface area contributed by atoms with Crippen molar-refractivity contribution in [2.75, 3.05) is 17.7 Å². The maximum Gasteiger partial charge on any atom is 0.272 e. The van der Waals surface area contributed by atoms with Gasteiger partial charge in [0.1, 0.15) is 11.4 Å². The molecule has 232 valence electrons. The van der Waals surface area contributed by atoms with E-state index in [9.17, 15) is 14.4 Å². The predicted molar refractivity (Wildman–Crippen MR) is 186 cm³/mol. The van der Waals surface area contributed by atoms with Gasteiger partial charge in [0.05, 0.1) is 18.1 Å². The van der Waals surface area contributed by atoms with Gasteiger partial charge in [-0.3, -0.25) is 14.4 Å². The molecule has 5 rings (SSSR count). The molecule has 0 bridgehead atoms. The van der Waals surface area contributed by atoms with E-state index in [0.717, 1.165) is 21.9 Å². The Bertz CT molecular complexity index is 1880. The van der Waals surface area contributed by atoms with Crippen molar-refractivity contribution < 1.29 is 19.1 Å². The lowest BCUT2D eigenvalue weighted by Gasteiger charge is -2.13. The lowest BCUT2D eigenvalue weighted by atomic mass is 10.1. The normalized spacial score (nSPS) is 11.8. The molecule has 5 aromatic rings. The minimum atomic E-state index is -0.505. The quantitative estimate of drug-likeness (QED) is 0.0972. The van der Waals surface area contributed by atoms with Crippen LogP contribution in [0.25, 0.3) is 17.3 Å². The van der Waals surface area contributed by atoms with Crippen molar-refractivity contribution in [1.29, 1.82) is 0 Å². The predicted octanol–water partition coefficient (Wildman–Crippen LogP) is 8.00. The molecule has 0 spiro atoms. The molecule has 11 heteroatoms. The number of ether oxygens (including phenoxy) is 1. The van der Waals surface area contributed by atoms with Crippen LogP contribution in [0.4, 0.5) is 10.8 Å². The molecule has 3 amide bonds. The molecule has 3 N–H and O–H groups in total. The van der Waals surface area contributed by atoms with E-state index >= 15 is 0 Å². The largest absolute Gasteiger partial charge is 0.497 e. The number of rotatable bonds is 11. The Morgan fingerprint density at radius 3 is 2.41 bits per heavy atom. The molecular formula is C35H29ClN4O4S2. The molecule has 0 aliphatic rings. The number of amides is 3. The first kappa shape index (κ1) is 32.5. The number of carbonyl (C=O) groups is 3. The second kappa shape index (κ2) is 15.4. The van der Waals surface area contributed by atoms with Crippen LogP contribution in [0.3, 0.4) is 0 Å². The molecule has 1 unspecified atom stereocenters. The van der Waals surface area contributed by atoms with Gasteiger partial charge in [0.15, 0.2) is 5.13 Å². The molecule has 1 aromatic heterocycles. The first-order valence-corrected chi connectivity index (χ1v) is 16.2. The zero-order chi connectivity index (χ0) is 32.5. The Morgan fingerprint density at radius 2 is 1.67 bits per heavy atom. The van der Waals surface area contributed by atoms with E-state index in [2.05, 4.69) is 20.9 Å². The SMILES string of the molecule is COc1cccc(-c2csc(NC(=O)C(C)Sc3ccc(NC(=O)/C(=C/c4cccc(Cl)c4)NC(=O)c4ccccc4)cc3)n2)c1. The Hall–Kier alpha value is -4.90. The number of benzene rings is 4. The number of nitrogens with zero attached hydrogens (tertiary/aromatic N) is 1. The van der Waals surface area contributed by atoms with Crippen molar-refractivity contribution in [3.05, 3.63) is 130 Å². The Balaban J connectivity index is 1.21. The molecule has 8 nitrogen and oxygen atoms in total. The van der Waals surface area contributed by atoms with E-state index in [1.165, 1.54) is 23.1 Å². The zero-order valence-electron chi connectivity index (χ0n) is 24.8. The molecule has 0 aliphatic carbocycles. The first-order valence-electron chi connectivity index (χ1n) is 14.1. The molecule has 46 heavy (non-hydrogen) atoms. The summed E-state index contributed by atoms with van der Waals surface area (Å²) in [6, 6.07) is 30.3. The number of thiazole rings is 1. The van der Waals surface area contributed by atoms with Gasteiger partial charge in [0, 0.05) is 32.1 Å². The van der Waals surface area contributed by atoms with Gasteiger partial charge in [-0.2, -0.15) is 0 Å². The van der Waals surface area contributed by atoms with Crippen LogP contribution in [0, 0.1) is 0 Å². The Morgan fingerprint density at radius 1 is 0.913 bits per heavy atom. The summed E-state index contributed by atoms with van der Waals surface area (Å²) in [5.41, 5.74) is 3.29. The second-order valence-corrected chi connectivity index (χ2v) is 12.6. The van der Waals surface area contributed by atoms with Gasteiger partial charge >= 0.3 is 0 Å². The molecule has 0 saturated heterocycles. The fourth-order valence-corrected chi connectivity index (χ4v) is 6.02. The van der Waals surface area contributed by atoms with E-state index < -0.39 is 17.1 Å². The molecule has 1 heterocycles. The first-order chi connectivity index (χ1) is 22.3. The topological polar surface area (TPSA) is 109 Å². The van der Waals surface area contributed by atoms with Gasteiger partial charge < -0.3 is 20.7 Å². The number of hydrogen-bond donors (Lipinski definition) is 3. The number of halogens is 1. The lowest BCUT2D eigenvalue weighted by molar-refractivity contribution is -0.115. The van der Waals surface area contributed by atoms with E-state index in [1.807, 2.05) is 54.8 Å². The standard InChI is InChI=1S/C35H29ClN4O4S2/c1-22(32(41)40-35-39-31(21-45-35)25-11-7-13-28(20-25)44-2)46-29-16-14-27(15-17-29)37-34(43)30(19-23-8-6-12-26(36)18-23)38-33(42)24-9-4-3-5-10-24/h3-22H,1-2H3,(H,37,43)(H,38,42)(H,39,40,41)/b30-19-. The highest BCUT2D eigenvalue weighted by atomic mass is 35.5. The third-order valence-electron chi connectivity index (χ3n) is 6.58. The van der Waals surface area contributed by atoms with Crippen LogP contribution in [0.1, 0.15) is 22.8 Å². The number of anilines is 2. The van der Waals surface area contributed by atoms with Crippen molar-refractivity contribution in [2.45, 2.75) is 17.1 Å².